The third kappa shape index (κ3) is 3.32. The average Bonchev–Trinajstić information content (AvgIpc) is 3.35. The highest BCUT2D eigenvalue weighted by atomic mass is 32.1. The molecule has 1 aromatic carbocycles. The maximum atomic E-state index is 12.2. The van der Waals surface area contributed by atoms with Crippen molar-refractivity contribution < 1.29 is 9.53 Å². The number of anilines is 1. The van der Waals surface area contributed by atoms with Crippen molar-refractivity contribution in [1.82, 2.24) is 10.6 Å². The van der Waals surface area contributed by atoms with Gasteiger partial charge in [0.25, 0.3) is 5.91 Å². The third-order valence-corrected chi connectivity index (χ3v) is 4.10. The van der Waals surface area contributed by atoms with E-state index in [1.54, 1.807) is 0 Å². The van der Waals surface area contributed by atoms with Crippen molar-refractivity contribution >= 4 is 28.9 Å². The van der Waals surface area contributed by atoms with E-state index in [0.29, 0.717) is 30.0 Å². The summed E-state index contributed by atoms with van der Waals surface area (Å²) >= 11 is 5.52. The van der Waals surface area contributed by atoms with Gasteiger partial charge in [0.1, 0.15) is 5.75 Å². The molecular formula is C16H21N3O2S. The summed E-state index contributed by atoms with van der Waals surface area (Å²) in [5, 5.41) is 6.90. The number of ether oxygens (including phenoxy) is 1. The maximum absolute atomic E-state index is 12.2. The van der Waals surface area contributed by atoms with E-state index in [1.807, 2.05) is 36.1 Å². The zero-order valence-electron chi connectivity index (χ0n) is 12.7. The van der Waals surface area contributed by atoms with Crippen molar-refractivity contribution in [3.8, 4) is 5.75 Å². The molecule has 1 atom stereocenters. The van der Waals surface area contributed by atoms with E-state index in [2.05, 4.69) is 10.6 Å². The predicted octanol–water partition coefficient (Wildman–Crippen LogP) is 1.82. The molecule has 1 amide bonds. The van der Waals surface area contributed by atoms with Gasteiger partial charge in [-0.15, -0.1) is 0 Å². The van der Waals surface area contributed by atoms with Crippen molar-refractivity contribution in [3.63, 3.8) is 0 Å². The van der Waals surface area contributed by atoms with Crippen LogP contribution in [0.15, 0.2) is 24.3 Å². The summed E-state index contributed by atoms with van der Waals surface area (Å²) in [7, 11) is 0. The fraction of sp³-hybridized carbons (Fsp3) is 0.500. The summed E-state index contributed by atoms with van der Waals surface area (Å²) in [4.78, 5) is 14.2. The van der Waals surface area contributed by atoms with Crippen LogP contribution in [0, 0.1) is 0 Å². The first kappa shape index (κ1) is 15.1. The summed E-state index contributed by atoms with van der Waals surface area (Å²) in [6.45, 7) is 3.12. The van der Waals surface area contributed by atoms with Crippen LogP contribution in [0.5, 0.6) is 5.75 Å². The number of para-hydroxylation sites is 2. The molecule has 5 nitrogen and oxygen atoms in total. The number of thiocarbonyl (C=S) groups is 1. The standard InChI is InChI=1S/C16H21N3O2S/c1-2-9-17-15(20)14-10-19(16(22)18-11-7-8-11)12-5-3-4-6-13(12)21-14/h3-6,11,14H,2,7-10H2,1H3,(H,17,20)(H,18,22)/t14-/m1/s1. The van der Waals surface area contributed by atoms with Gasteiger partial charge in [0.2, 0.25) is 0 Å². The highest BCUT2D eigenvalue weighted by Crippen LogP contribution is 2.33. The van der Waals surface area contributed by atoms with Crippen molar-refractivity contribution in [2.24, 2.45) is 0 Å². The lowest BCUT2D eigenvalue weighted by Gasteiger charge is -2.35. The largest absolute Gasteiger partial charge is 0.477 e. The number of rotatable bonds is 4. The van der Waals surface area contributed by atoms with Gasteiger partial charge in [0, 0.05) is 12.6 Å². The van der Waals surface area contributed by atoms with Crippen molar-refractivity contribution in [1.29, 1.82) is 0 Å². The Balaban J connectivity index is 1.78. The smallest absolute Gasteiger partial charge is 0.262 e. The molecule has 1 saturated carbocycles. The van der Waals surface area contributed by atoms with Gasteiger partial charge in [-0.05, 0) is 43.6 Å². The molecule has 0 radical (unpaired) electrons. The number of amides is 1. The number of fused-ring (bicyclic) bond motifs is 1. The van der Waals surface area contributed by atoms with Crippen LogP contribution in [0.3, 0.4) is 0 Å². The van der Waals surface area contributed by atoms with Gasteiger partial charge in [-0.25, -0.2) is 0 Å². The molecule has 0 bridgehead atoms. The van der Waals surface area contributed by atoms with E-state index in [4.69, 9.17) is 17.0 Å². The number of carbonyl (C=O) groups is 1. The lowest BCUT2D eigenvalue weighted by molar-refractivity contribution is -0.127. The number of carbonyl (C=O) groups excluding carboxylic acids is 1. The van der Waals surface area contributed by atoms with Crippen LogP contribution in [-0.4, -0.2) is 36.3 Å². The Hall–Kier alpha value is -1.82. The van der Waals surface area contributed by atoms with E-state index >= 15 is 0 Å². The van der Waals surface area contributed by atoms with E-state index in [9.17, 15) is 4.79 Å². The zero-order valence-corrected chi connectivity index (χ0v) is 13.5. The van der Waals surface area contributed by atoms with Gasteiger partial charge in [-0.1, -0.05) is 19.1 Å². The van der Waals surface area contributed by atoms with Crippen molar-refractivity contribution in [3.05, 3.63) is 24.3 Å². The second-order valence-corrected chi connectivity index (χ2v) is 6.09. The van der Waals surface area contributed by atoms with Gasteiger partial charge in [0.15, 0.2) is 11.2 Å². The minimum absolute atomic E-state index is 0.0874. The molecule has 1 fully saturated rings. The minimum atomic E-state index is -0.541. The van der Waals surface area contributed by atoms with Gasteiger partial charge in [-0.3, -0.25) is 4.79 Å². The molecule has 1 aliphatic carbocycles. The van der Waals surface area contributed by atoms with Crippen LogP contribution < -0.4 is 20.3 Å². The number of hydrogen-bond acceptors (Lipinski definition) is 3. The molecule has 1 heterocycles. The van der Waals surface area contributed by atoms with Crippen LogP contribution in [0.25, 0.3) is 0 Å². The third-order valence-electron chi connectivity index (χ3n) is 3.77. The van der Waals surface area contributed by atoms with E-state index in [0.717, 1.165) is 24.9 Å². The van der Waals surface area contributed by atoms with Crippen molar-refractivity contribution in [2.45, 2.75) is 38.3 Å². The van der Waals surface area contributed by atoms with Crippen LogP contribution >= 0.6 is 12.2 Å². The van der Waals surface area contributed by atoms with Crippen LogP contribution in [0.1, 0.15) is 26.2 Å². The summed E-state index contributed by atoms with van der Waals surface area (Å²) in [5.41, 5.74) is 0.917. The predicted molar refractivity (Wildman–Crippen MR) is 90.3 cm³/mol. The number of hydrogen-bond donors (Lipinski definition) is 2. The molecule has 1 aromatic rings. The number of nitrogens with one attached hydrogen (secondary N) is 2. The molecule has 0 aromatic heterocycles. The Bertz CT molecular complexity index is 574. The molecule has 2 N–H and O–H groups in total. The topological polar surface area (TPSA) is 53.6 Å². The highest BCUT2D eigenvalue weighted by Gasteiger charge is 2.33. The van der Waals surface area contributed by atoms with Crippen LogP contribution in [0.4, 0.5) is 5.69 Å². The first-order valence-corrected chi connectivity index (χ1v) is 8.21. The molecular weight excluding hydrogens is 298 g/mol. The molecule has 6 heteroatoms. The fourth-order valence-corrected chi connectivity index (χ4v) is 2.75. The Morgan fingerprint density at radius 1 is 1.41 bits per heavy atom. The first-order chi connectivity index (χ1) is 10.7. The molecule has 118 valence electrons. The fourth-order valence-electron chi connectivity index (χ4n) is 2.41. The van der Waals surface area contributed by atoms with Crippen molar-refractivity contribution in [2.75, 3.05) is 18.0 Å². The quantitative estimate of drug-likeness (QED) is 0.829. The molecule has 22 heavy (non-hydrogen) atoms. The number of benzene rings is 1. The number of nitrogens with zero attached hydrogens (tertiary/aromatic N) is 1. The lowest BCUT2D eigenvalue weighted by Crippen LogP contribution is -2.53. The second-order valence-electron chi connectivity index (χ2n) is 5.70. The summed E-state index contributed by atoms with van der Waals surface area (Å²) in [6.07, 6.45) is 2.68. The van der Waals surface area contributed by atoms with Gasteiger partial charge in [-0.2, -0.15) is 0 Å². The van der Waals surface area contributed by atoms with Gasteiger partial charge < -0.3 is 20.3 Å². The highest BCUT2D eigenvalue weighted by molar-refractivity contribution is 7.80. The normalized spacial score (nSPS) is 19.9. The Labute approximate surface area is 136 Å². The van der Waals surface area contributed by atoms with Crippen LogP contribution in [-0.2, 0) is 4.79 Å². The Kier molecular flexibility index (Phi) is 4.47. The minimum Gasteiger partial charge on any atom is -0.477 e. The maximum Gasteiger partial charge on any atom is 0.262 e. The SMILES string of the molecule is CCCNC(=O)[C@H]1CN(C(=S)NC2CC2)c2ccccc2O1. The second kappa shape index (κ2) is 6.52. The average molecular weight is 319 g/mol. The monoisotopic (exact) mass is 319 g/mol. The summed E-state index contributed by atoms with van der Waals surface area (Å²) < 4.78 is 5.85. The van der Waals surface area contributed by atoms with E-state index in [1.165, 1.54) is 0 Å². The Morgan fingerprint density at radius 2 is 2.18 bits per heavy atom. The van der Waals surface area contributed by atoms with Gasteiger partial charge in [0.05, 0.1) is 12.2 Å². The molecule has 0 saturated heterocycles. The molecule has 0 spiro atoms. The Morgan fingerprint density at radius 3 is 2.91 bits per heavy atom. The molecule has 1 aliphatic heterocycles. The lowest BCUT2D eigenvalue weighted by atomic mass is 10.2. The summed E-state index contributed by atoms with van der Waals surface area (Å²) in [6, 6.07) is 8.18. The molecule has 3 rings (SSSR count). The molecule has 0 unspecified atom stereocenters. The summed E-state index contributed by atoms with van der Waals surface area (Å²) in [5.74, 6) is 0.612. The zero-order chi connectivity index (χ0) is 15.5. The van der Waals surface area contributed by atoms with Crippen LogP contribution in [0.2, 0.25) is 0 Å². The van der Waals surface area contributed by atoms with Gasteiger partial charge >= 0.3 is 0 Å². The van der Waals surface area contributed by atoms with E-state index < -0.39 is 6.10 Å². The first-order valence-electron chi connectivity index (χ1n) is 7.80. The van der Waals surface area contributed by atoms with E-state index in [-0.39, 0.29) is 5.91 Å². The molecule has 2 aliphatic rings.